The number of carboxylic acids is 1. The zero-order chi connectivity index (χ0) is 15.0. The topological polar surface area (TPSA) is 130 Å². The van der Waals surface area contributed by atoms with Crippen molar-refractivity contribution in [1.29, 1.82) is 0 Å². The lowest BCUT2D eigenvalue weighted by Crippen LogP contribution is -2.68. The molecule has 1 unspecified atom stereocenters. The molecule has 0 spiro atoms. The molecule has 1 fully saturated rings. The lowest BCUT2D eigenvalue weighted by atomic mass is 10.0. The first-order valence-electron chi connectivity index (χ1n) is 5.83. The number of hydrogen-bond acceptors (Lipinski definition) is 7. The van der Waals surface area contributed by atoms with Gasteiger partial charge in [0.05, 0.1) is 6.61 Å². The van der Waals surface area contributed by atoms with Gasteiger partial charge in [0.2, 0.25) is 5.91 Å². The molecular formula is C11H14N2O6S. The molecule has 0 saturated carbocycles. The van der Waals surface area contributed by atoms with Crippen molar-refractivity contribution in [3.05, 3.63) is 11.3 Å². The molecule has 4 N–H and O–H groups in total. The Kier molecular flexibility index (Phi) is 4.02. The number of rotatable bonds is 4. The minimum absolute atomic E-state index is 0.205. The number of esters is 1. The van der Waals surface area contributed by atoms with E-state index in [1.165, 1.54) is 11.8 Å². The molecule has 0 aliphatic carbocycles. The van der Waals surface area contributed by atoms with Crippen molar-refractivity contribution < 1.29 is 29.3 Å². The summed E-state index contributed by atoms with van der Waals surface area (Å²) in [5.41, 5.74) is 5.57. The van der Waals surface area contributed by atoms with Gasteiger partial charge in [-0.05, 0) is 0 Å². The van der Waals surface area contributed by atoms with Crippen molar-refractivity contribution in [1.82, 2.24) is 4.90 Å². The van der Waals surface area contributed by atoms with E-state index >= 15 is 0 Å². The van der Waals surface area contributed by atoms with E-state index in [1.54, 1.807) is 0 Å². The van der Waals surface area contributed by atoms with Crippen molar-refractivity contribution in [3.8, 4) is 0 Å². The molecule has 0 bridgehead atoms. The third-order valence-electron chi connectivity index (χ3n) is 3.10. The summed E-state index contributed by atoms with van der Waals surface area (Å²) in [5, 5.41) is 18.1. The largest absolute Gasteiger partial charge is 0.477 e. The number of carbonyl (C=O) groups is 3. The van der Waals surface area contributed by atoms with Crippen LogP contribution in [0.3, 0.4) is 0 Å². The number of amides is 1. The molecule has 2 aliphatic rings. The van der Waals surface area contributed by atoms with Gasteiger partial charge >= 0.3 is 11.9 Å². The fourth-order valence-corrected chi connectivity index (χ4v) is 3.56. The molecule has 0 aromatic rings. The molecule has 2 heterocycles. The lowest BCUT2D eigenvalue weighted by molar-refractivity contribution is -0.149. The molecule has 9 heteroatoms. The van der Waals surface area contributed by atoms with Crippen molar-refractivity contribution in [2.24, 2.45) is 5.73 Å². The standard InChI is InChI=1S/C11H14N2O6S/c1-4(15)19-6(2-14)5-3-20-10-7(12)9(16)13(10)8(5)11(17)18/h6-7,10,14H,2-3,12H2,1H3,(H,17,18)/t6?,7-,10+/m0/s1. The van der Waals surface area contributed by atoms with E-state index in [0.717, 1.165) is 11.8 Å². The summed E-state index contributed by atoms with van der Waals surface area (Å²) >= 11 is 1.28. The number of thioether (sulfide) groups is 1. The molecule has 2 aliphatic heterocycles. The molecule has 2 rings (SSSR count). The monoisotopic (exact) mass is 302 g/mol. The Balaban J connectivity index is 2.39. The summed E-state index contributed by atoms with van der Waals surface area (Å²) in [6, 6.07) is -0.725. The summed E-state index contributed by atoms with van der Waals surface area (Å²) in [6.07, 6.45) is -1.07. The van der Waals surface area contributed by atoms with Gasteiger partial charge in [-0.1, -0.05) is 0 Å². The van der Waals surface area contributed by atoms with Crippen molar-refractivity contribution in [2.45, 2.75) is 24.4 Å². The van der Waals surface area contributed by atoms with Crippen LogP contribution in [0.15, 0.2) is 11.3 Å². The van der Waals surface area contributed by atoms with Gasteiger partial charge in [0, 0.05) is 18.2 Å². The number of ether oxygens (including phenoxy) is 1. The van der Waals surface area contributed by atoms with E-state index in [1.807, 2.05) is 0 Å². The summed E-state index contributed by atoms with van der Waals surface area (Å²) in [6.45, 7) is 0.609. The zero-order valence-electron chi connectivity index (χ0n) is 10.6. The van der Waals surface area contributed by atoms with E-state index in [-0.39, 0.29) is 17.0 Å². The van der Waals surface area contributed by atoms with Gasteiger partial charge in [0.25, 0.3) is 0 Å². The maximum absolute atomic E-state index is 11.7. The maximum atomic E-state index is 11.7. The van der Waals surface area contributed by atoms with Crippen molar-refractivity contribution in [2.75, 3.05) is 12.4 Å². The highest BCUT2D eigenvalue weighted by atomic mass is 32.2. The van der Waals surface area contributed by atoms with Crippen molar-refractivity contribution >= 4 is 29.6 Å². The van der Waals surface area contributed by atoms with Crippen LogP contribution in [0.25, 0.3) is 0 Å². The number of nitrogens with zero attached hydrogens (tertiary/aromatic N) is 1. The highest BCUT2D eigenvalue weighted by Gasteiger charge is 2.52. The predicted molar refractivity (Wildman–Crippen MR) is 68.4 cm³/mol. The van der Waals surface area contributed by atoms with Gasteiger partial charge in [-0.3, -0.25) is 14.5 Å². The fraction of sp³-hybridized carbons (Fsp3) is 0.545. The zero-order valence-corrected chi connectivity index (χ0v) is 11.4. The molecule has 3 atom stereocenters. The second kappa shape index (κ2) is 5.43. The molecule has 0 radical (unpaired) electrons. The Morgan fingerprint density at radius 2 is 2.25 bits per heavy atom. The average molecular weight is 302 g/mol. The van der Waals surface area contributed by atoms with E-state index in [9.17, 15) is 24.6 Å². The van der Waals surface area contributed by atoms with Gasteiger partial charge in [0.15, 0.2) is 0 Å². The molecule has 0 aromatic carbocycles. The predicted octanol–water partition coefficient (Wildman–Crippen LogP) is -1.51. The van der Waals surface area contributed by atoms with E-state index in [4.69, 9.17) is 10.5 Å². The third kappa shape index (κ3) is 2.28. The van der Waals surface area contributed by atoms with Crippen LogP contribution >= 0.6 is 11.8 Å². The second-order valence-corrected chi connectivity index (χ2v) is 5.50. The fourth-order valence-electron chi connectivity index (χ4n) is 2.21. The van der Waals surface area contributed by atoms with Crippen LogP contribution in [0, 0.1) is 0 Å². The third-order valence-corrected chi connectivity index (χ3v) is 4.43. The number of aliphatic carboxylic acids is 1. The van der Waals surface area contributed by atoms with Crippen LogP contribution in [0.1, 0.15) is 6.92 Å². The molecule has 0 aromatic heterocycles. The number of fused-ring (bicyclic) bond motifs is 1. The first kappa shape index (κ1) is 14.8. The molecule has 8 nitrogen and oxygen atoms in total. The first-order valence-corrected chi connectivity index (χ1v) is 6.88. The van der Waals surface area contributed by atoms with Crippen LogP contribution in [0.4, 0.5) is 0 Å². The molecule has 1 saturated heterocycles. The van der Waals surface area contributed by atoms with E-state index in [0.29, 0.717) is 0 Å². The second-order valence-electron chi connectivity index (χ2n) is 4.40. The Morgan fingerprint density at radius 3 is 2.75 bits per heavy atom. The van der Waals surface area contributed by atoms with Gasteiger partial charge < -0.3 is 20.7 Å². The molecule has 20 heavy (non-hydrogen) atoms. The number of β-lactam (4-membered cyclic amide) rings is 1. The lowest BCUT2D eigenvalue weighted by Gasteiger charge is -2.48. The van der Waals surface area contributed by atoms with E-state index < -0.39 is 42.0 Å². The van der Waals surface area contributed by atoms with Crippen LogP contribution in [0.5, 0.6) is 0 Å². The first-order chi connectivity index (χ1) is 9.38. The number of aliphatic hydroxyl groups excluding tert-OH is 1. The molecular weight excluding hydrogens is 288 g/mol. The van der Waals surface area contributed by atoms with Gasteiger partial charge in [-0.2, -0.15) is 0 Å². The number of hydrogen-bond donors (Lipinski definition) is 3. The van der Waals surface area contributed by atoms with Gasteiger partial charge in [0.1, 0.15) is 23.2 Å². The molecule has 110 valence electrons. The summed E-state index contributed by atoms with van der Waals surface area (Å²) < 4.78 is 4.90. The summed E-state index contributed by atoms with van der Waals surface area (Å²) in [4.78, 5) is 35.2. The summed E-state index contributed by atoms with van der Waals surface area (Å²) in [5.74, 6) is -2.21. The van der Waals surface area contributed by atoms with Crippen molar-refractivity contribution in [3.63, 3.8) is 0 Å². The van der Waals surface area contributed by atoms with Crippen LogP contribution in [-0.2, 0) is 19.1 Å². The Bertz CT molecular complexity index is 505. The smallest absolute Gasteiger partial charge is 0.352 e. The minimum atomic E-state index is -1.31. The SMILES string of the molecule is CC(=O)OC(CO)C1=C(C(=O)O)N2C(=O)[C@H](N)[C@H]2SC1. The molecule has 1 amide bonds. The number of aliphatic hydroxyl groups is 1. The normalized spacial score (nSPS) is 26.8. The number of carbonyl (C=O) groups excluding carboxylic acids is 2. The van der Waals surface area contributed by atoms with Gasteiger partial charge in [-0.25, -0.2) is 4.79 Å². The minimum Gasteiger partial charge on any atom is -0.477 e. The quantitative estimate of drug-likeness (QED) is 0.422. The number of carboxylic acid groups (broad SMARTS) is 1. The number of nitrogens with two attached hydrogens (primary N) is 1. The Hall–Kier alpha value is -1.58. The highest BCUT2D eigenvalue weighted by Crippen LogP contribution is 2.40. The Labute approximate surface area is 118 Å². The maximum Gasteiger partial charge on any atom is 0.352 e. The summed E-state index contributed by atoms with van der Waals surface area (Å²) in [7, 11) is 0. The van der Waals surface area contributed by atoms with E-state index in [2.05, 4.69) is 0 Å². The van der Waals surface area contributed by atoms with Gasteiger partial charge in [-0.15, -0.1) is 11.8 Å². The van der Waals surface area contributed by atoms with Crippen LogP contribution in [-0.4, -0.2) is 62.8 Å². The Morgan fingerprint density at radius 1 is 1.60 bits per heavy atom. The highest BCUT2D eigenvalue weighted by molar-refractivity contribution is 8.00. The average Bonchev–Trinajstić information content (AvgIpc) is 2.41. The van der Waals surface area contributed by atoms with Crippen LogP contribution < -0.4 is 5.73 Å². The van der Waals surface area contributed by atoms with Crippen LogP contribution in [0.2, 0.25) is 0 Å².